The summed E-state index contributed by atoms with van der Waals surface area (Å²) >= 11 is 0. The van der Waals surface area contributed by atoms with Gasteiger partial charge >= 0.3 is 7.60 Å². The molecule has 0 fully saturated rings. The van der Waals surface area contributed by atoms with Crippen LogP contribution in [0.2, 0.25) is 0 Å². The highest BCUT2D eigenvalue weighted by atomic mass is 35.5. The molecule has 0 saturated carbocycles. The molecule has 1 aliphatic heterocycles. The van der Waals surface area contributed by atoms with Crippen LogP contribution in [0.3, 0.4) is 0 Å². The van der Waals surface area contributed by atoms with Crippen molar-refractivity contribution < 1.29 is 27.0 Å². The van der Waals surface area contributed by atoms with E-state index in [2.05, 4.69) is 22.2 Å². The largest absolute Gasteiger partial charge is 1.00 e. The van der Waals surface area contributed by atoms with Crippen LogP contribution in [0.15, 0.2) is 48.8 Å². The average Bonchev–Trinajstić information content (AvgIpc) is 3.32. The van der Waals surface area contributed by atoms with Gasteiger partial charge in [0, 0.05) is 41.5 Å². The van der Waals surface area contributed by atoms with Crippen LogP contribution >= 0.6 is 0 Å². The first-order valence-electron chi connectivity index (χ1n) is 9.37. The van der Waals surface area contributed by atoms with Crippen LogP contribution in [-0.4, -0.2) is 26.3 Å². The van der Waals surface area contributed by atoms with Crippen molar-refractivity contribution in [2.45, 2.75) is 25.7 Å². The fourth-order valence-electron chi connectivity index (χ4n) is 4.03. The normalized spacial score (nSPS) is 16.3. The first-order valence-corrected chi connectivity index (χ1v) is 9.37. The fraction of sp³-hybridized carbons (Fsp3) is 0.238. The maximum atomic E-state index is 13.0. The Morgan fingerprint density at radius 3 is 2.63 bits per heavy atom. The summed E-state index contributed by atoms with van der Waals surface area (Å²) in [6, 6.07) is 9.16. The minimum absolute atomic E-state index is 0. The van der Waals surface area contributed by atoms with Crippen molar-refractivity contribution in [1.29, 1.82) is 0 Å². The molecule has 5 rings (SSSR count). The van der Waals surface area contributed by atoms with Crippen LogP contribution < -0.4 is 17.7 Å². The molecule has 1 atom stereocenters. The monoisotopic (exact) mass is 433 g/mol. The van der Waals surface area contributed by atoms with E-state index < -0.39 is 11.7 Å². The number of fused-ring (bicyclic) bond motifs is 2. The Hall–Kier alpha value is -2.84. The lowest BCUT2D eigenvalue weighted by Crippen LogP contribution is -3.00. The molecule has 1 aliphatic rings. The molecule has 0 aliphatic carbocycles. The average molecular weight is 434 g/mol. The van der Waals surface area contributed by atoms with E-state index >= 15 is 0 Å². The zero-order valence-corrected chi connectivity index (χ0v) is 16.7. The molecule has 1 unspecified atom stereocenters. The number of pyridine rings is 1. The predicted octanol–water partition coefficient (Wildman–Crippen LogP) is 1.89. The van der Waals surface area contributed by atoms with Crippen LogP contribution in [0, 0.1) is 0 Å². The molecule has 9 heteroatoms. The van der Waals surface area contributed by atoms with E-state index in [1.165, 1.54) is 12.1 Å². The van der Waals surface area contributed by atoms with E-state index in [0.717, 1.165) is 46.5 Å². The van der Waals surface area contributed by atoms with Gasteiger partial charge in [0.05, 0.1) is 17.8 Å². The zero-order chi connectivity index (χ0) is 20.2. The lowest BCUT2D eigenvalue weighted by atomic mass is 9.94. The van der Waals surface area contributed by atoms with Crippen LogP contribution in [-0.2, 0) is 12.7 Å². The van der Waals surface area contributed by atoms with E-state index in [9.17, 15) is 13.2 Å². The Labute approximate surface area is 178 Å². The van der Waals surface area contributed by atoms with Gasteiger partial charge in [-0.2, -0.15) is 18.3 Å². The molecule has 3 aromatic heterocycles. The third-order valence-corrected chi connectivity index (χ3v) is 5.39. The summed E-state index contributed by atoms with van der Waals surface area (Å²) in [7, 11) is 0. The molecule has 156 valence electrons. The molecular weight excluding hydrogens is 415 g/mol. The van der Waals surface area contributed by atoms with Crippen molar-refractivity contribution in [2.24, 2.45) is 0 Å². The number of rotatable bonds is 2. The van der Waals surface area contributed by atoms with Gasteiger partial charge in [0.2, 0.25) is 0 Å². The molecule has 2 N–H and O–H groups in total. The molecule has 0 bridgehead atoms. The molecule has 0 amide bonds. The first-order chi connectivity index (χ1) is 13.9. The summed E-state index contributed by atoms with van der Waals surface area (Å²) in [5, 5.41) is 9.20. The smallest absolute Gasteiger partial charge is 1.00 e. The number of aromatic amines is 1. The van der Waals surface area contributed by atoms with Gasteiger partial charge in [-0.05, 0) is 36.8 Å². The van der Waals surface area contributed by atoms with Crippen molar-refractivity contribution in [1.82, 2.24) is 25.1 Å². The van der Waals surface area contributed by atoms with Gasteiger partial charge in [-0.15, -0.1) is 0 Å². The first kappa shape index (κ1) is 20.4. The minimum Gasteiger partial charge on any atom is -1.00 e. The molecule has 1 aromatic carbocycles. The van der Waals surface area contributed by atoms with E-state index in [-0.39, 0.29) is 19.9 Å². The highest BCUT2D eigenvalue weighted by Gasteiger charge is 2.31. The number of hydrogen-bond acceptors (Lipinski definition) is 3. The van der Waals surface area contributed by atoms with Crippen molar-refractivity contribution in [3.63, 3.8) is 0 Å². The highest BCUT2D eigenvalue weighted by Crippen LogP contribution is 2.41. The molecule has 4 aromatic rings. The van der Waals surface area contributed by atoms with Gasteiger partial charge in [0.15, 0.2) is 0 Å². The van der Waals surface area contributed by atoms with E-state index in [0.29, 0.717) is 17.8 Å². The summed E-state index contributed by atoms with van der Waals surface area (Å²) in [5.74, 6) is 0. The second-order valence-electron chi connectivity index (χ2n) is 7.18. The highest BCUT2D eigenvalue weighted by molar-refractivity contribution is 5.98. The third-order valence-electron chi connectivity index (χ3n) is 5.39. The topological polar surface area (TPSA) is 58.5 Å². The van der Waals surface area contributed by atoms with Gasteiger partial charge in [0.25, 0.3) is 0 Å². The summed E-state index contributed by atoms with van der Waals surface area (Å²) < 4.78 is 41.0. The van der Waals surface area contributed by atoms with Crippen LogP contribution in [0.1, 0.15) is 25.6 Å². The SMILES string of the molecule is CC1NCCn2nc(-c3ccc(C(F)(F)F)cc3)c(-c3ccnc4[nH]ccc34)c21.[Cl-].[H+]. The predicted molar refractivity (Wildman–Crippen MR) is 105 cm³/mol. The Balaban J connectivity index is 0.00000136. The Morgan fingerprint density at radius 1 is 1.13 bits per heavy atom. The molecule has 0 saturated heterocycles. The van der Waals surface area contributed by atoms with Crippen molar-refractivity contribution in [3.05, 3.63) is 60.0 Å². The number of aromatic nitrogens is 4. The van der Waals surface area contributed by atoms with E-state index in [1.807, 2.05) is 23.0 Å². The standard InChI is InChI=1S/C21H18F3N5.ClH/c1-12-19-17(15-6-8-26-20-16(15)7-9-27-20)18(28-29(19)11-10-25-12)13-2-4-14(5-3-13)21(22,23)24;/h2-9,12,25H,10-11H2,1H3,(H,26,27);1H. The van der Waals surface area contributed by atoms with Crippen molar-refractivity contribution in [2.75, 3.05) is 6.54 Å². The number of nitrogens with one attached hydrogen (secondary N) is 2. The van der Waals surface area contributed by atoms with Crippen LogP contribution in [0.25, 0.3) is 33.4 Å². The number of nitrogens with zero attached hydrogens (tertiary/aromatic N) is 3. The quantitative estimate of drug-likeness (QED) is 0.507. The Morgan fingerprint density at radius 2 is 1.90 bits per heavy atom. The van der Waals surface area contributed by atoms with Gasteiger partial charge in [-0.3, -0.25) is 4.68 Å². The lowest BCUT2D eigenvalue weighted by Gasteiger charge is -2.23. The molecule has 30 heavy (non-hydrogen) atoms. The maximum Gasteiger partial charge on any atom is 1.00 e. The number of alkyl halides is 3. The summed E-state index contributed by atoms with van der Waals surface area (Å²) in [4.78, 5) is 7.48. The molecule has 4 heterocycles. The number of H-pyrrole nitrogens is 1. The van der Waals surface area contributed by atoms with Crippen LogP contribution in [0.5, 0.6) is 0 Å². The number of hydrogen-bond donors (Lipinski definition) is 2. The number of benzene rings is 1. The van der Waals surface area contributed by atoms with E-state index in [4.69, 9.17) is 5.10 Å². The van der Waals surface area contributed by atoms with E-state index in [1.54, 1.807) is 6.20 Å². The summed E-state index contributed by atoms with van der Waals surface area (Å²) in [6.07, 6.45) is -0.804. The van der Waals surface area contributed by atoms with Gasteiger partial charge in [-0.1, -0.05) is 12.1 Å². The minimum atomic E-state index is -4.37. The maximum absolute atomic E-state index is 13.0. The van der Waals surface area contributed by atoms with Crippen LogP contribution in [0.4, 0.5) is 13.2 Å². The fourth-order valence-corrected chi connectivity index (χ4v) is 4.03. The second-order valence-corrected chi connectivity index (χ2v) is 7.18. The molecule has 5 nitrogen and oxygen atoms in total. The molecule has 0 radical (unpaired) electrons. The van der Waals surface area contributed by atoms with Crippen molar-refractivity contribution >= 4 is 11.0 Å². The van der Waals surface area contributed by atoms with Gasteiger partial charge in [-0.25, -0.2) is 4.98 Å². The molecular formula is C21H19ClF3N5. The third kappa shape index (κ3) is 3.26. The second kappa shape index (κ2) is 7.45. The summed E-state index contributed by atoms with van der Waals surface area (Å²) in [5.41, 5.74) is 4.34. The lowest BCUT2D eigenvalue weighted by molar-refractivity contribution is -0.137. The zero-order valence-electron chi connectivity index (χ0n) is 17.0. The van der Waals surface area contributed by atoms with Gasteiger partial charge < -0.3 is 22.7 Å². The molecule has 0 spiro atoms. The van der Waals surface area contributed by atoms with Crippen molar-refractivity contribution in [3.8, 4) is 22.4 Å². The number of halogens is 4. The van der Waals surface area contributed by atoms with Gasteiger partial charge in [0.1, 0.15) is 11.3 Å². The summed E-state index contributed by atoms with van der Waals surface area (Å²) in [6.45, 7) is 3.56. The Kier molecular flexibility index (Phi) is 5.07. The Bertz CT molecular complexity index is 1200.